The molecular formula is C15H23NOS. The van der Waals surface area contributed by atoms with Gasteiger partial charge in [0.2, 0.25) is 0 Å². The molecule has 0 aliphatic heterocycles. The monoisotopic (exact) mass is 265 g/mol. The Balaban J connectivity index is 1.74. The molecule has 1 aromatic heterocycles. The van der Waals surface area contributed by atoms with Crippen molar-refractivity contribution in [2.24, 2.45) is 0 Å². The van der Waals surface area contributed by atoms with Crippen molar-refractivity contribution in [2.75, 3.05) is 6.61 Å². The van der Waals surface area contributed by atoms with E-state index in [-0.39, 0.29) is 0 Å². The van der Waals surface area contributed by atoms with Gasteiger partial charge in [0, 0.05) is 22.3 Å². The molecule has 1 aromatic rings. The maximum absolute atomic E-state index is 5.69. The zero-order valence-electron chi connectivity index (χ0n) is 11.4. The highest BCUT2D eigenvalue weighted by atomic mass is 32.1. The van der Waals surface area contributed by atoms with Crippen molar-refractivity contribution in [1.82, 2.24) is 5.32 Å². The maximum Gasteiger partial charge on any atom is 0.0727 e. The van der Waals surface area contributed by atoms with E-state index in [1.54, 1.807) is 0 Å². The van der Waals surface area contributed by atoms with E-state index in [1.165, 1.54) is 33.7 Å². The first-order valence-electron chi connectivity index (χ1n) is 6.69. The summed E-state index contributed by atoms with van der Waals surface area (Å²) in [6, 6.07) is 3.07. The van der Waals surface area contributed by atoms with Gasteiger partial charge in [0.1, 0.15) is 0 Å². The molecule has 18 heavy (non-hydrogen) atoms. The van der Waals surface area contributed by atoms with Crippen LogP contribution in [0.2, 0.25) is 0 Å². The number of ether oxygens (including phenoxy) is 1. The normalized spacial score (nSPS) is 15.0. The number of thiophene rings is 1. The first kappa shape index (κ1) is 13.8. The minimum Gasteiger partial charge on any atom is -0.376 e. The van der Waals surface area contributed by atoms with E-state index in [0.717, 1.165) is 32.2 Å². The van der Waals surface area contributed by atoms with Gasteiger partial charge in [-0.2, -0.15) is 0 Å². The molecule has 3 heteroatoms. The lowest BCUT2D eigenvalue weighted by Gasteiger charge is -2.03. The Morgan fingerprint density at radius 3 is 3.00 bits per heavy atom. The third-order valence-electron chi connectivity index (χ3n) is 3.14. The number of nitrogens with one attached hydrogen (secondary N) is 1. The molecule has 0 atom stereocenters. The smallest absolute Gasteiger partial charge is 0.0727 e. The summed E-state index contributed by atoms with van der Waals surface area (Å²) in [5.41, 5.74) is 2.53. The van der Waals surface area contributed by atoms with Gasteiger partial charge in [0.05, 0.1) is 13.2 Å². The summed E-state index contributed by atoms with van der Waals surface area (Å²) in [6.07, 6.45) is 3.65. The summed E-state index contributed by atoms with van der Waals surface area (Å²) >= 11 is 1.89. The molecule has 0 radical (unpaired) electrons. The van der Waals surface area contributed by atoms with Gasteiger partial charge in [-0.25, -0.2) is 0 Å². The number of aryl methyl sites for hydroxylation is 1. The van der Waals surface area contributed by atoms with E-state index in [9.17, 15) is 0 Å². The summed E-state index contributed by atoms with van der Waals surface area (Å²) in [7, 11) is 0. The lowest BCUT2D eigenvalue weighted by atomic mass is 10.2. The summed E-state index contributed by atoms with van der Waals surface area (Å²) in [5.74, 6) is 0. The quantitative estimate of drug-likeness (QED) is 0.570. The first-order chi connectivity index (χ1) is 8.65. The molecule has 0 spiro atoms. The average Bonchev–Trinajstić information content (AvgIpc) is 3.07. The Labute approximate surface area is 114 Å². The van der Waals surface area contributed by atoms with Gasteiger partial charge in [-0.3, -0.25) is 0 Å². The summed E-state index contributed by atoms with van der Waals surface area (Å²) in [5, 5.41) is 3.55. The highest BCUT2D eigenvalue weighted by Gasteiger charge is 2.20. The molecule has 1 fully saturated rings. The van der Waals surface area contributed by atoms with Gasteiger partial charge < -0.3 is 10.1 Å². The largest absolute Gasteiger partial charge is 0.376 e. The fraction of sp³-hybridized carbons (Fsp3) is 0.600. The van der Waals surface area contributed by atoms with Gasteiger partial charge in [-0.1, -0.05) is 5.57 Å². The first-order valence-corrected chi connectivity index (χ1v) is 7.50. The minimum atomic E-state index is 0.735. The van der Waals surface area contributed by atoms with Crippen LogP contribution in [0.4, 0.5) is 0 Å². The Morgan fingerprint density at radius 2 is 2.33 bits per heavy atom. The number of hydrogen-bond donors (Lipinski definition) is 1. The molecule has 1 heterocycles. The van der Waals surface area contributed by atoms with Crippen LogP contribution in [-0.2, 0) is 17.9 Å². The van der Waals surface area contributed by atoms with Crippen LogP contribution >= 0.6 is 11.3 Å². The summed E-state index contributed by atoms with van der Waals surface area (Å²) in [6.45, 7) is 10.6. The molecule has 0 unspecified atom stereocenters. The predicted octanol–water partition coefficient (Wildman–Crippen LogP) is 3.79. The van der Waals surface area contributed by atoms with Crippen molar-refractivity contribution < 1.29 is 4.74 Å². The van der Waals surface area contributed by atoms with E-state index < -0.39 is 0 Å². The second kappa shape index (κ2) is 6.50. The van der Waals surface area contributed by atoms with Crippen molar-refractivity contribution in [3.8, 4) is 0 Å². The Bertz CT molecular complexity index is 407. The lowest BCUT2D eigenvalue weighted by molar-refractivity contribution is 0.124. The van der Waals surface area contributed by atoms with Crippen molar-refractivity contribution in [2.45, 2.75) is 52.3 Å². The predicted molar refractivity (Wildman–Crippen MR) is 78.0 cm³/mol. The van der Waals surface area contributed by atoms with E-state index in [2.05, 4.69) is 24.9 Å². The molecule has 0 saturated heterocycles. The molecule has 2 nitrogen and oxygen atoms in total. The molecule has 0 aromatic carbocycles. The number of hydrogen-bond acceptors (Lipinski definition) is 3. The molecule has 2 rings (SSSR count). The van der Waals surface area contributed by atoms with Crippen LogP contribution in [0.1, 0.15) is 41.5 Å². The van der Waals surface area contributed by atoms with Gasteiger partial charge >= 0.3 is 0 Å². The third-order valence-corrected chi connectivity index (χ3v) is 4.24. The Kier molecular flexibility index (Phi) is 4.98. The second-order valence-corrected chi connectivity index (χ2v) is 6.55. The second-order valence-electron chi connectivity index (χ2n) is 5.21. The van der Waals surface area contributed by atoms with E-state index >= 15 is 0 Å². The maximum atomic E-state index is 5.69. The molecule has 0 amide bonds. The molecule has 1 N–H and O–H groups in total. The minimum absolute atomic E-state index is 0.735. The van der Waals surface area contributed by atoms with Crippen LogP contribution in [-0.4, -0.2) is 12.6 Å². The molecule has 1 aliphatic carbocycles. The van der Waals surface area contributed by atoms with Crippen LogP contribution in [0.25, 0.3) is 0 Å². The molecular weight excluding hydrogens is 242 g/mol. The van der Waals surface area contributed by atoms with Crippen molar-refractivity contribution in [3.05, 3.63) is 33.5 Å². The van der Waals surface area contributed by atoms with Gasteiger partial charge in [-0.05, 0) is 44.7 Å². The standard InChI is InChI=1S/C15H23NOS/c1-11(2)6-7-17-10-13-8-15(18-12(13)3)9-16-14-4-5-14/h8,14,16H,1,4-7,9-10H2,2-3H3. The Morgan fingerprint density at radius 1 is 1.56 bits per heavy atom. The number of rotatable bonds is 8. The fourth-order valence-electron chi connectivity index (χ4n) is 1.78. The van der Waals surface area contributed by atoms with Gasteiger partial charge in [0.25, 0.3) is 0 Å². The lowest BCUT2D eigenvalue weighted by Crippen LogP contribution is -2.14. The fourth-order valence-corrected chi connectivity index (χ4v) is 2.78. The van der Waals surface area contributed by atoms with E-state index in [0.29, 0.717) is 0 Å². The van der Waals surface area contributed by atoms with Crippen molar-refractivity contribution in [1.29, 1.82) is 0 Å². The zero-order chi connectivity index (χ0) is 13.0. The zero-order valence-corrected chi connectivity index (χ0v) is 12.2. The highest BCUT2D eigenvalue weighted by Crippen LogP contribution is 2.24. The topological polar surface area (TPSA) is 21.3 Å². The van der Waals surface area contributed by atoms with Crippen LogP contribution in [0.5, 0.6) is 0 Å². The van der Waals surface area contributed by atoms with Crippen LogP contribution in [0, 0.1) is 6.92 Å². The van der Waals surface area contributed by atoms with E-state index in [4.69, 9.17) is 4.74 Å². The summed E-state index contributed by atoms with van der Waals surface area (Å²) < 4.78 is 5.69. The van der Waals surface area contributed by atoms with Crippen LogP contribution in [0.3, 0.4) is 0 Å². The summed E-state index contributed by atoms with van der Waals surface area (Å²) in [4.78, 5) is 2.82. The van der Waals surface area contributed by atoms with Crippen LogP contribution in [0.15, 0.2) is 18.2 Å². The average molecular weight is 265 g/mol. The van der Waals surface area contributed by atoms with Crippen LogP contribution < -0.4 is 5.32 Å². The SMILES string of the molecule is C=C(C)CCOCc1cc(CNC2CC2)sc1C. The third kappa shape index (κ3) is 4.56. The molecule has 1 aliphatic rings. The Hall–Kier alpha value is -0.640. The van der Waals surface area contributed by atoms with Gasteiger partial charge in [0.15, 0.2) is 0 Å². The molecule has 1 saturated carbocycles. The van der Waals surface area contributed by atoms with E-state index in [1.807, 2.05) is 18.3 Å². The molecule has 0 bridgehead atoms. The molecule has 100 valence electrons. The highest BCUT2D eigenvalue weighted by molar-refractivity contribution is 7.12. The van der Waals surface area contributed by atoms with Crippen molar-refractivity contribution in [3.63, 3.8) is 0 Å². The van der Waals surface area contributed by atoms with Crippen molar-refractivity contribution >= 4 is 11.3 Å². The van der Waals surface area contributed by atoms with Gasteiger partial charge in [-0.15, -0.1) is 17.9 Å².